The number of phosphoric acid groups is 1. The summed E-state index contributed by atoms with van der Waals surface area (Å²) in [5, 5.41) is 3.01. The van der Waals surface area contributed by atoms with Gasteiger partial charge in [-0.25, -0.2) is 0 Å². The molecule has 3 unspecified atom stereocenters. The van der Waals surface area contributed by atoms with Gasteiger partial charge in [-0.1, -0.05) is 230 Å². The van der Waals surface area contributed by atoms with E-state index in [2.05, 4.69) is 74.7 Å². The summed E-state index contributed by atoms with van der Waals surface area (Å²) in [6.45, 7) is 6.80. The van der Waals surface area contributed by atoms with Crippen LogP contribution < -0.4 is 10.2 Å². The van der Waals surface area contributed by atoms with Crippen LogP contribution in [-0.4, -0.2) is 69.4 Å². The number of carbonyl (C=O) groups is 2. The Morgan fingerprint density at radius 1 is 0.479 bits per heavy atom. The van der Waals surface area contributed by atoms with E-state index >= 15 is 0 Å². The SMILES string of the molecule is CCCCC/C=C\C/C=C\C/C=C\CCCCCCCCCCC(=O)OC(/C=C\CCCCCCCCCCCC)C(COP(=O)([O-])OCC[N+](C)(C)C)NC(=O)CCCCC/C=C\CCCCCCCCC. The molecule has 0 aromatic carbocycles. The first-order valence-electron chi connectivity index (χ1n) is 30.6. The van der Waals surface area contributed by atoms with E-state index in [9.17, 15) is 19.0 Å². The molecule has 0 radical (unpaired) electrons. The molecule has 0 spiro atoms. The molecule has 0 fully saturated rings. The molecule has 73 heavy (non-hydrogen) atoms. The number of rotatable bonds is 55. The van der Waals surface area contributed by atoms with Gasteiger partial charge >= 0.3 is 5.97 Å². The third kappa shape index (κ3) is 54.3. The molecule has 0 saturated carbocycles. The normalized spacial score (nSPS) is 14.1. The topological polar surface area (TPSA) is 114 Å². The molecule has 0 aromatic rings. The molecular formula is C63H117N2O7P. The van der Waals surface area contributed by atoms with Gasteiger partial charge in [0.2, 0.25) is 5.91 Å². The van der Waals surface area contributed by atoms with Crippen LogP contribution in [0, 0.1) is 0 Å². The Hall–Kier alpha value is -2.29. The minimum Gasteiger partial charge on any atom is -0.756 e. The Labute approximate surface area is 451 Å². The maximum atomic E-state index is 13.5. The van der Waals surface area contributed by atoms with E-state index in [1.54, 1.807) is 0 Å². The van der Waals surface area contributed by atoms with Crippen LogP contribution in [0.4, 0.5) is 0 Å². The first-order chi connectivity index (χ1) is 35.4. The van der Waals surface area contributed by atoms with E-state index in [4.69, 9.17) is 13.8 Å². The Kier molecular flexibility index (Phi) is 51.5. The second kappa shape index (κ2) is 53.1. The maximum Gasteiger partial charge on any atom is 0.306 e. The molecule has 3 atom stereocenters. The summed E-state index contributed by atoms with van der Waals surface area (Å²) in [6, 6.07) is -0.899. The number of nitrogens with zero attached hydrogens (tertiary/aromatic N) is 1. The van der Waals surface area contributed by atoms with Crippen molar-refractivity contribution in [2.75, 3.05) is 40.9 Å². The zero-order chi connectivity index (χ0) is 53.6. The lowest BCUT2D eigenvalue weighted by Gasteiger charge is -2.30. The molecule has 0 rings (SSSR count). The van der Waals surface area contributed by atoms with Crippen LogP contribution in [-0.2, 0) is 27.9 Å². The second-order valence-corrected chi connectivity index (χ2v) is 23.3. The number of quaternary nitrogens is 1. The van der Waals surface area contributed by atoms with E-state index < -0.39 is 26.6 Å². The molecule has 1 N–H and O–H groups in total. The number of allylic oxidation sites excluding steroid dienone is 9. The molecule has 0 heterocycles. The highest BCUT2D eigenvalue weighted by molar-refractivity contribution is 7.45. The number of phosphoric ester groups is 1. The monoisotopic (exact) mass is 1040 g/mol. The van der Waals surface area contributed by atoms with Gasteiger partial charge in [-0.3, -0.25) is 14.2 Å². The highest BCUT2D eigenvalue weighted by atomic mass is 31.2. The Balaban J connectivity index is 5.27. The molecule has 0 aliphatic carbocycles. The fourth-order valence-corrected chi connectivity index (χ4v) is 9.36. The number of carbonyl (C=O) groups excluding carboxylic acids is 2. The predicted octanol–water partition coefficient (Wildman–Crippen LogP) is 18.0. The fraction of sp³-hybridized carbons (Fsp3) is 0.810. The standard InChI is InChI=1S/C63H117N2O7P/c1-7-10-13-16-19-22-25-28-30-31-32-33-34-35-36-38-41-44-47-50-53-56-63(67)72-61(54-51-48-45-42-39-27-24-21-18-15-12-9-3)60(59-71-73(68,69)70-58-57-65(4,5)6)64-62(66)55-52-49-46-43-40-37-29-26-23-20-17-14-11-8-2/h19,22,28,30,32-33,37,40,51,54,60-61H,7-18,20-21,23-27,29,31,34-36,38-39,41-50,52-53,55-59H2,1-6H3,(H-,64,66,68,69)/b22-19-,30-28-,33-32-,40-37-,54-51-. The van der Waals surface area contributed by atoms with E-state index in [-0.39, 0.29) is 24.9 Å². The van der Waals surface area contributed by atoms with Crippen molar-refractivity contribution >= 4 is 19.7 Å². The minimum atomic E-state index is -4.70. The second-order valence-electron chi connectivity index (χ2n) is 21.8. The average molecular weight is 1050 g/mol. The van der Waals surface area contributed by atoms with Crippen molar-refractivity contribution in [3.05, 3.63) is 60.8 Å². The van der Waals surface area contributed by atoms with Crippen LogP contribution >= 0.6 is 7.82 Å². The number of amides is 1. The molecule has 1 amide bonds. The molecule has 0 bridgehead atoms. The molecule has 9 nitrogen and oxygen atoms in total. The van der Waals surface area contributed by atoms with Gasteiger partial charge in [-0.05, 0) is 96.0 Å². The number of hydrogen-bond acceptors (Lipinski definition) is 7. The van der Waals surface area contributed by atoms with Crippen LogP contribution in [0.5, 0.6) is 0 Å². The smallest absolute Gasteiger partial charge is 0.306 e. The van der Waals surface area contributed by atoms with Crippen LogP contribution in [0.25, 0.3) is 0 Å². The van der Waals surface area contributed by atoms with Crippen molar-refractivity contribution in [3.63, 3.8) is 0 Å². The predicted molar refractivity (Wildman–Crippen MR) is 312 cm³/mol. The van der Waals surface area contributed by atoms with Gasteiger partial charge in [0.05, 0.1) is 33.8 Å². The molecule has 10 heteroatoms. The Morgan fingerprint density at radius 2 is 0.836 bits per heavy atom. The summed E-state index contributed by atoms with van der Waals surface area (Å²) < 4.78 is 30.3. The van der Waals surface area contributed by atoms with Crippen molar-refractivity contribution in [1.82, 2.24) is 5.32 Å². The number of hydrogen-bond donors (Lipinski definition) is 1. The Bertz CT molecular complexity index is 1440. The molecule has 0 saturated heterocycles. The largest absolute Gasteiger partial charge is 0.756 e. The molecular weight excluding hydrogens is 928 g/mol. The first-order valence-corrected chi connectivity index (χ1v) is 32.1. The van der Waals surface area contributed by atoms with E-state index in [0.29, 0.717) is 23.9 Å². The average Bonchev–Trinajstić information content (AvgIpc) is 3.35. The summed E-state index contributed by atoms with van der Waals surface area (Å²) in [5.41, 5.74) is 0. The van der Waals surface area contributed by atoms with E-state index in [1.165, 1.54) is 148 Å². The molecule has 0 aliphatic heterocycles. The van der Waals surface area contributed by atoms with Crippen LogP contribution in [0.2, 0.25) is 0 Å². The van der Waals surface area contributed by atoms with Crippen LogP contribution in [0.1, 0.15) is 278 Å². The van der Waals surface area contributed by atoms with Crippen molar-refractivity contribution in [1.29, 1.82) is 0 Å². The van der Waals surface area contributed by atoms with E-state index in [1.807, 2.05) is 33.3 Å². The maximum absolute atomic E-state index is 13.5. The third-order valence-corrected chi connectivity index (χ3v) is 14.4. The summed E-state index contributed by atoms with van der Waals surface area (Å²) in [7, 11) is 1.17. The van der Waals surface area contributed by atoms with Gasteiger partial charge in [-0.15, -0.1) is 0 Å². The van der Waals surface area contributed by atoms with Gasteiger partial charge in [0.1, 0.15) is 19.3 Å². The number of nitrogens with one attached hydrogen (secondary N) is 1. The van der Waals surface area contributed by atoms with Gasteiger partial charge in [0.25, 0.3) is 7.82 Å². The third-order valence-electron chi connectivity index (χ3n) is 13.4. The zero-order valence-electron chi connectivity index (χ0n) is 48.6. The fourth-order valence-electron chi connectivity index (χ4n) is 8.64. The zero-order valence-corrected chi connectivity index (χ0v) is 49.5. The minimum absolute atomic E-state index is 0.0272. The summed E-state index contributed by atoms with van der Waals surface area (Å²) in [4.78, 5) is 39.9. The molecule has 0 aromatic heterocycles. The lowest BCUT2D eigenvalue weighted by atomic mass is 10.0. The van der Waals surface area contributed by atoms with Gasteiger partial charge < -0.3 is 28.5 Å². The molecule has 0 aliphatic rings. The summed E-state index contributed by atoms with van der Waals surface area (Å²) >= 11 is 0. The van der Waals surface area contributed by atoms with Crippen molar-refractivity contribution in [2.24, 2.45) is 0 Å². The quantitative estimate of drug-likeness (QED) is 0.0212. The number of ether oxygens (including phenoxy) is 1. The van der Waals surface area contributed by atoms with Crippen molar-refractivity contribution in [2.45, 2.75) is 290 Å². The lowest BCUT2D eigenvalue weighted by Crippen LogP contribution is -2.47. The number of likely N-dealkylation sites (N-methyl/N-ethyl adjacent to an activating group) is 1. The van der Waals surface area contributed by atoms with Crippen molar-refractivity contribution < 1.29 is 37.3 Å². The van der Waals surface area contributed by atoms with Gasteiger partial charge in [0.15, 0.2) is 0 Å². The molecule has 426 valence electrons. The van der Waals surface area contributed by atoms with Crippen molar-refractivity contribution in [3.8, 4) is 0 Å². The highest BCUT2D eigenvalue weighted by Crippen LogP contribution is 2.38. The number of esters is 1. The Morgan fingerprint density at radius 3 is 1.30 bits per heavy atom. The number of unbranched alkanes of at least 4 members (excludes halogenated alkanes) is 31. The lowest BCUT2D eigenvalue weighted by molar-refractivity contribution is -0.870. The highest BCUT2D eigenvalue weighted by Gasteiger charge is 2.27. The first kappa shape index (κ1) is 70.7. The van der Waals surface area contributed by atoms with Crippen LogP contribution in [0.3, 0.4) is 0 Å². The van der Waals surface area contributed by atoms with E-state index in [0.717, 1.165) is 89.9 Å². The van der Waals surface area contributed by atoms with Gasteiger partial charge in [-0.2, -0.15) is 0 Å². The van der Waals surface area contributed by atoms with Crippen LogP contribution in [0.15, 0.2) is 60.8 Å². The summed E-state index contributed by atoms with van der Waals surface area (Å²) in [5.74, 6) is -0.564. The summed E-state index contributed by atoms with van der Waals surface area (Å²) in [6.07, 6.45) is 66.1. The van der Waals surface area contributed by atoms with Gasteiger partial charge in [0, 0.05) is 12.8 Å².